The normalized spacial score (nSPS) is 12.4. The summed E-state index contributed by atoms with van der Waals surface area (Å²) in [5, 5.41) is 0.555. The maximum absolute atomic E-state index is 13.2. The molecule has 1 atom stereocenters. The highest BCUT2D eigenvalue weighted by atomic mass is 35.5. The molecule has 2 rings (SSSR count). The molecule has 3 heteroatoms. The van der Waals surface area contributed by atoms with E-state index in [1.54, 1.807) is 6.07 Å². The monoisotopic (exact) mass is 263 g/mol. The highest BCUT2D eigenvalue weighted by Crippen LogP contribution is 2.23. The molecular weight excluding hydrogens is 249 g/mol. The largest absolute Gasteiger partial charge is 0.324 e. The SMILES string of the molecule is Cc1ccc(C(N)Cc2cc(F)ccc2Cl)cc1. The van der Waals surface area contributed by atoms with Gasteiger partial charge in [-0.05, 0) is 42.7 Å². The number of hydrogen-bond donors (Lipinski definition) is 1. The third kappa shape index (κ3) is 3.09. The first-order chi connectivity index (χ1) is 8.56. The van der Waals surface area contributed by atoms with Gasteiger partial charge in [0.2, 0.25) is 0 Å². The molecule has 0 fully saturated rings. The molecule has 94 valence electrons. The summed E-state index contributed by atoms with van der Waals surface area (Å²) in [5.74, 6) is -0.287. The molecule has 0 aliphatic heterocycles. The Morgan fingerprint density at radius 1 is 1.17 bits per heavy atom. The van der Waals surface area contributed by atoms with E-state index < -0.39 is 0 Å². The van der Waals surface area contributed by atoms with E-state index in [0.29, 0.717) is 11.4 Å². The molecule has 2 N–H and O–H groups in total. The standard InChI is InChI=1S/C15H15ClFN/c1-10-2-4-11(5-3-10)15(18)9-12-8-13(17)6-7-14(12)16/h2-8,15H,9,18H2,1H3. The number of nitrogens with two attached hydrogens (primary N) is 1. The topological polar surface area (TPSA) is 26.0 Å². The molecule has 0 saturated carbocycles. The van der Waals surface area contributed by atoms with E-state index in [-0.39, 0.29) is 11.9 Å². The van der Waals surface area contributed by atoms with Crippen LogP contribution in [0.2, 0.25) is 5.02 Å². The molecule has 0 heterocycles. The minimum absolute atomic E-state index is 0.176. The number of benzene rings is 2. The van der Waals surface area contributed by atoms with E-state index in [4.69, 9.17) is 17.3 Å². The van der Waals surface area contributed by atoms with Crippen LogP contribution in [0.5, 0.6) is 0 Å². The fraction of sp³-hybridized carbons (Fsp3) is 0.200. The second kappa shape index (κ2) is 5.51. The molecule has 1 nitrogen and oxygen atoms in total. The maximum Gasteiger partial charge on any atom is 0.123 e. The molecular formula is C15H15ClFN. The van der Waals surface area contributed by atoms with Crippen LogP contribution in [-0.4, -0.2) is 0 Å². The van der Waals surface area contributed by atoms with E-state index in [1.807, 2.05) is 31.2 Å². The Bertz CT molecular complexity index is 537. The minimum atomic E-state index is -0.287. The Morgan fingerprint density at radius 3 is 2.50 bits per heavy atom. The molecule has 0 saturated heterocycles. The van der Waals surface area contributed by atoms with Crippen LogP contribution in [0, 0.1) is 12.7 Å². The van der Waals surface area contributed by atoms with Crippen molar-refractivity contribution in [1.82, 2.24) is 0 Å². The molecule has 0 spiro atoms. The Labute approximate surface area is 111 Å². The molecule has 0 aliphatic rings. The van der Waals surface area contributed by atoms with Crippen molar-refractivity contribution in [3.8, 4) is 0 Å². The Balaban J connectivity index is 2.18. The summed E-state index contributed by atoms with van der Waals surface area (Å²) in [6, 6.07) is 12.2. The zero-order chi connectivity index (χ0) is 13.1. The highest BCUT2D eigenvalue weighted by Gasteiger charge is 2.10. The van der Waals surface area contributed by atoms with Crippen LogP contribution in [0.1, 0.15) is 22.7 Å². The summed E-state index contributed by atoms with van der Waals surface area (Å²) in [5.41, 5.74) is 9.07. The van der Waals surface area contributed by atoms with E-state index in [0.717, 1.165) is 11.1 Å². The fourth-order valence-corrected chi connectivity index (χ4v) is 2.06. The quantitative estimate of drug-likeness (QED) is 0.889. The summed E-state index contributed by atoms with van der Waals surface area (Å²) in [6.07, 6.45) is 0.527. The predicted molar refractivity (Wildman–Crippen MR) is 73.2 cm³/mol. The molecule has 18 heavy (non-hydrogen) atoms. The Morgan fingerprint density at radius 2 is 1.83 bits per heavy atom. The van der Waals surface area contributed by atoms with Gasteiger partial charge in [0.15, 0.2) is 0 Å². The Hall–Kier alpha value is -1.38. The summed E-state index contributed by atoms with van der Waals surface area (Å²) >= 11 is 6.03. The van der Waals surface area contributed by atoms with Gasteiger partial charge in [0.25, 0.3) is 0 Å². The predicted octanol–water partition coefficient (Wildman–Crippen LogP) is 4.03. The third-order valence-electron chi connectivity index (χ3n) is 2.95. The molecule has 1 unspecified atom stereocenters. The summed E-state index contributed by atoms with van der Waals surface area (Å²) in [7, 11) is 0. The molecule has 0 aliphatic carbocycles. The summed E-state index contributed by atoms with van der Waals surface area (Å²) in [6.45, 7) is 2.03. The minimum Gasteiger partial charge on any atom is -0.324 e. The first kappa shape index (κ1) is 13.1. The average molecular weight is 264 g/mol. The lowest BCUT2D eigenvalue weighted by atomic mass is 9.99. The van der Waals surface area contributed by atoms with Crippen molar-refractivity contribution in [1.29, 1.82) is 0 Å². The van der Waals surface area contributed by atoms with Crippen molar-refractivity contribution in [3.63, 3.8) is 0 Å². The van der Waals surface area contributed by atoms with Crippen LogP contribution in [0.4, 0.5) is 4.39 Å². The van der Waals surface area contributed by atoms with Gasteiger partial charge < -0.3 is 5.73 Å². The van der Waals surface area contributed by atoms with Crippen LogP contribution >= 0.6 is 11.6 Å². The zero-order valence-electron chi connectivity index (χ0n) is 10.2. The molecule has 0 amide bonds. The molecule has 0 bridgehead atoms. The fourth-order valence-electron chi connectivity index (χ4n) is 1.87. The molecule has 2 aromatic carbocycles. The van der Waals surface area contributed by atoms with Gasteiger partial charge in [-0.15, -0.1) is 0 Å². The number of rotatable bonds is 3. The van der Waals surface area contributed by atoms with E-state index in [2.05, 4.69) is 0 Å². The van der Waals surface area contributed by atoms with Gasteiger partial charge in [-0.2, -0.15) is 0 Å². The smallest absolute Gasteiger partial charge is 0.123 e. The number of halogens is 2. The zero-order valence-corrected chi connectivity index (χ0v) is 10.9. The molecule has 0 aromatic heterocycles. The van der Waals surface area contributed by atoms with Crippen molar-refractivity contribution >= 4 is 11.6 Å². The van der Waals surface area contributed by atoms with Gasteiger partial charge in [0, 0.05) is 11.1 Å². The Kier molecular flexibility index (Phi) is 4.00. The van der Waals surface area contributed by atoms with Crippen molar-refractivity contribution in [3.05, 3.63) is 70.0 Å². The highest BCUT2D eigenvalue weighted by molar-refractivity contribution is 6.31. The third-order valence-corrected chi connectivity index (χ3v) is 3.32. The maximum atomic E-state index is 13.2. The van der Waals surface area contributed by atoms with E-state index in [9.17, 15) is 4.39 Å². The first-order valence-electron chi connectivity index (χ1n) is 5.82. The number of aryl methyl sites for hydroxylation is 1. The summed E-state index contributed by atoms with van der Waals surface area (Å²) in [4.78, 5) is 0. The van der Waals surface area contributed by atoms with Gasteiger partial charge in [-0.1, -0.05) is 41.4 Å². The van der Waals surface area contributed by atoms with E-state index in [1.165, 1.54) is 17.7 Å². The lowest BCUT2D eigenvalue weighted by molar-refractivity contribution is 0.622. The number of hydrogen-bond acceptors (Lipinski definition) is 1. The second-order valence-electron chi connectivity index (χ2n) is 4.46. The lowest BCUT2D eigenvalue weighted by Crippen LogP contribution is -2.13. The lowest BCUT2D eigenvalue weighted by Gasteiger charge is -2.13. The van der Waals surface area contributed by atoms with Crippen LogP contribution in [-0.2, 0) is 6.42 Å². The molecule has 0 radical (unpaired) electrons. The van der Waals surface area contributed by atoms with Crippen LogP contribution in [0.25, 0.3) is 0 Å². The molecule has 2 aromatic rings. The first-order valence-corrected chi connectivity index (χ1v) is 6.20. The van der Waals surface area contributed by atoms with Gasteiger partial charge >= 0.3 is 0 Å². The van der Waals surface area contributed by atoms with Gasteiger partial charge in [0.1, 0.15) is 5.82 Å². The van der Waals surface area contributed by atoms with Crippen molar-refractivity contribution < 1.29 is 4.39 Å². The van der Waals surface area contributed by atoms with Crippen molar-refractivity contribution in [2.45, 2.75) is 19.4 Å². The summed E-state index contributed by atoms with van der Waals surface area (Å²) < 4.78 is 13.2. The van der Waals surface area contributed by atoms with Crippen LogP contribution in [0.3, 0.4) is 0 Å². The second-order valence-corrected chi connectivity index (χ2v) is 4.86. The van der Waals surface area contributed by atoms with E-state index >= 15 is 0 Å². The van der Waals surface area contributed by atoms with Crippen LogP contribution in [0.15, 0.2) is 42.5 Å². The van der Waals surface area contributed by atoms with Crippen LogP contribution < -0.4 is 5.73 Å². The van der Waals surface area contributed by atoms with Gasteiger partial charge in [-0.3, -0.25) is 0 Å². The van der Waals surface area contributed by atoms with Crippen molar-refractivity contribution in [2.24, 2.45) is 5.73 Å². The van der Waals surface area contributed by atoms with Crippen molar-refractivity contribution in [2.75, 3.05) is 0 Å². The van der Waals surface area contributed by atoms with Gasteiger partial charge in [-0.25, -0.2) is 4.39 Å². The van der Waals surface area contributed by atoms with Gasteiger partial charge in [0.05, 0.1) is 0 Å². The average Bonchev–Trinajstić information content (AvgIpc) is 2.34.